The van der Waals surface area contributed by atoms with Gasteiger partial charge in [-0.3, -0.25) is 4.90 Å². The normalized spacial score (nSPS) is 19.5. The van der Waals surface area contributed by atoms with Gasteiger partial charge in [-0.2, -0.15) is 0 Å². The highest BCUT2D eigenvalue weighted by Gasteiger charge is 2.23. The average molecular weight is 248 g/mol. The first-order valence-electron chi connectivity index (χ1n) is 6.37. The topological polar surface area (TPSA) is 29.3 Å². The minimum atomic E-state index is 0.115. The third kappa shape index (κ3) is 3.27. The Morgan fingerprint density at radius 2 is 1.65 bits per heavy atom. The van der Waals surface area contributed by atoms with Gasteiger partial charge in [-0.25, -0.2) is 0 Å². The van der Waals surface area contributed by atoms with Crippen molar-refractivity contribution >= 4 is 17.2 Å². The molecule has 1 heterocycles. The van der Waals surface area contributed by atoms with Crippen LogP contribution >= 0.6 is 12.2 Å². The van der Waals surface area contributed by atoms with Crippen LogP contribution in [0, 0.1) is 0 Å². The molecular weight excluding hydrogens is 228 g/mol. The Kier molecular flexibility index (Phi) is 4.51. The van der Waals surface area contributed by atoms with E-state index in [0.29, 0.717) is 4.99 Å². The first-order valence-corrected chi connectivity index (χ1v) is 6.78. The summed E-state index contributed by atoms with van der Waals surface area (Å²) in [5.41, 5.74) is 7.16. The predicted molar refractivity (Wildman–Crippen MR) is 76.0 cm³/mol. The van der Waals surface area contributed by atoms with Crippen LogP contribution < -0.4 is 5.73 Å². The highest BCUT2D eigenvalue weighted by molar-refractivity contribution is 7.80. The molecule has 0 aliphatic carbocycles. The summed E-state index contributed by atoms with van der Waals surface area (Å²) >= 11 is 5.26. The molecule has 0 bridgehead atoms. The van der Waals surface area contributed by atoms with Crippen molar-refractivity contribution in [2.24, 2.45) is 5.73 Å². The quantitative estimate of drug-likeness (QED) is 0.834. The first-order chi connectivity index (χ1) is 8.29. The molecule has 2 nitrogen and oxygen atoms in total. The Labute approximate surface area is 109 Å². The smallest absolute Gasteiger partial charge is 0.0948 e. The number of hydrogen-bond donors (Lipinski definition) is 1. The van der Waals surface area contributed by atoms with Gasteiger partial charge in [-0.15, -0.1) is 0 Å². The zero-order valence-electron chi connectivity index (χ0n) is 10.1. The molecule has 1 aliphatic heterocycles. The average Bonchev–Trinajstić information content (AvgIpc) is 2.59. The lowest BCUT2D eigenvalue weighted by molar-refractivity contribution is 0.255. The molecule has 1 unspecified atom stereocenters. The number of benzene rings is 1. The van der Waals surface area contributed by atoms with Crippen LogP contribution in [0.2, 0.25) is 0 Å². The van der Waals surface area contributed by atoms with Crippen LogP contribution in [0.15, 0.2) is 30.3 Å². The van der Waals surface area contributed by atoms with Gasteiger partial charge in [0.2, 0.25) is 0 Å². The minimum Gasteiger partial charge on any atom is -0.392 e. The molecule has 2 rings (SSSR count). The van der Waals surface area contributed by atoms with Gasteiger partial charge in [-0.1, -0.05) is 55.4 Å². The fourth-order valence-corrected chi connectivity index (χ4v) is 2.83. The highest BCUT2D eigenvalue weighted by Crippen LogP contribution is 2.24. The standard InChI is InChI=1S/C14H20N2S/c15-14(17)13(12-8-4-3-5-9-12)16-10-6-1-2-7-11-16/h3-5,8-9,13H,1-2,6-7,10-11H2,(H2,15,17). The molecule has 0 amide bonds. The summed E-state index contributed by atoms with van der Waals surface area (Å²) in [5, 5.41) is 0. The van der Waals surface area contributed by atoms with Gasteiger partial charge in [-0.05, 0) is 31.5 Å². The lowest BCUT2D eigenvalue weighted by atomic mass is 10.1. The molecule has 1 saturated heterocycles. The maximum atomic E-state index is 5.94. The van der Waals surface area contributed by atoms with Crippen molar-refractivity contribution in [2.45, 2.75) is 31.7 Å². The zero-order valence-corrected chi connectivity index (χ0v) is 11.0. The van der Waals surface area contributed by atoms with Gasteiger partial charge < -0.3 is 5.73 Å². The molecule has 1 aromatic rings. The Hall–Kier alpha value is -0.930. The maximum absolute atomic E-state index is 5.94. The van der Waals surface area contributed by atoms with Crippen LogP contribution in [0.1, 0.15) is 37.3 Å². The highest BCUT2D eigenvalue weighted by atomic mass is 32.1. The molecule has 0 radical (unpaired) electrons. The molecule has 1 atom stereocenters. The summed E-state index contributed by atoms with van der Waals surface area (Å²) in [6, 6.07) is 10.5. The van der Waals surface area contributed by atoms with Gasteiger partial charge in [0, 0.05) is 0 Å². The summed E-state index contributed by atoms with van der Waals surface area (Å²) in [5.74, 6) is 0. The Morgan fingerprint density at radius 3 is 2.18 bits per heavy atom. The summed E-state index contributed by atoms with van der Waals surface area (Å²) in [6.07, 6.45) is 5.17. The first kappa shape index (κ1) is 12.5. The van der Waals surface area contributed by atoms with Crippen LogP contribution in [-0.4, -0.2) is 23.0 Å². The van der Waals surface area contributed by atoms with E-state index in [1.165, 1.54) is 31.2 Å². The van der Waals surface area contributed by atoms with E-state index < -0.39 is 0 Å². The van der Waals surface area contributed by atoms with Crippen molar-refractivity contribution in [3.05, 3.63) is 35.9 Å². The number of nitrogens with zero attached hydrogens (tertiary/aromatic N) is 1. The molecule has 17 heavy (non-hydrogen) atoms. The van der Waals surface area contributed by atoms with Crippen molar-refractivity contribution in [3.8, 4) is 0 Å². The predicted octanol–water partition coefficient (Wildman–Crippen LogP) is 2.89. The van der Waals surface area contributed by atoms with Crippen molar-refractivity contribution in [1.82, 2.24) is 4.90 Å². The van der Waals surface area contributed by atoms with E-state index in [1.54, 1.807) is 0 Å². The van der Waals surface area contributed by atoms with Crippen molar-refractivity contribution in [3.63, 3.8) is 0 Å². The van der Waals surface area contributed by atoms with Crippen LogP contribution in [-0.2, 0) is 0 Å². The van der Waals surface area contributed by atoms with Gasteiger partial charge in [0.05, 0.1) is 11.0 Å². The second kappa shape index (κ2) is 6.12. The van der Waals surface area contributed by atoms with Gasteiger partial charge in [0.15, 0.2) is 0 Å². The Morgan fingerprint density at radius 1 is 1.06 bits per heavy atom. The van der Waals surface area contributed by atoms with Crippen molar-refractivity contribution < 1.29 is 0 Å². The lowest BCUT2D eigenvalue weighted by Crippen LogP contribution is -2.37. The van der Waals surface area contributed by atoms with E-state index in [-0.39, 0.29) is 6.04 Å². The Balaban J connectivity index is 2.19. The number of hydrogen-bond acceptors (Lipinski definition) is 2. The van der Waals surface area contributed by atoms with Crippen LogP contribution in [0.4, 0.5) is 0 Å². The fraction of sp³-hybridized carbons (Fsp3) is 0.500. The van der Waals surface area contributed by atoms with Crippen molar-refractivity contribution in [2.75, 3.05) is 13.1 Å². The SMILES string of the molecule is NC(=S)C(c1ccccc1)N1CCCCCC1. The second-order valence-electron chi connectivity index (χ2n) is 4.67. The minimum absolute atomic E-state index is 0.115. The van der Waals surface area contributed by atoms with E-state index in [2.05, 4.69) is 29.2 Å². The molecule has 2 N–H and O–H groups in total. The van der Waals surface area contributed by atoms with Crippen LogP contribution in [0.25, 0.3) is 0 Å². The molecule has 0 aromatic heterocycles. The molecule has 0 saturated carbocycles. The van der Waals surface area contributed by atoms with E-state index in [9.17, 15) is 0 Å². The molecule has 1 aliphatic rings. The maximum Gasteiger partial charge on any atom is 0.0948 e. The Bertz CT molecular complexity index is 356. The van der Waals surface area contributed by atoms with Crippen LogP contribution in [0.3, 0.4) is 0 Å². The number of rotatable bonds is 3. The summed E-state index contributed by atoms with van der Waals surface area (Å²) < 4.78 is 0. The van der Waals surface area contributed by atoms with E-state index >= 15 is 0 Å². The largest absolute Gasteiger partial charge is 0.392 e. The van der Waals surface area contributed by atoms with Gasteiger partial charge in [0.25, 0.3) is 0 Å². The lowest BCUT2D eigenvalue weighted by Gasteiger charge is -2.30. The van der Waals surface area contributed by atoms with Crippen molar-refractivity contribution in [1.29, 1.82) is 0 Å². The van der Waals surface area contributed by atoms with E-state index in [0.717, 1.165) is 13.1 Å². The van der Waals surface area contributed by atoms with E-state index in [1.807, 2.05) is 6.07 Å². The van der Waals surface area contributed by atoms with Gasteiger partial charge >= 0.3 is 0 Å². The van der Waals surface area contributed by atoms with E-state index in [4.69, 9.17) is 18.0 Å². The number of nitrogens with two attached hydrogens (primary N) is 1. The third-order valence-corrected chi connectivity index (χ3v) is 3.61. The zero-order chi connectivity index (χ0) is 12.1. The molecule has 0 spiro atoms. The van der Waals surface area contributed by atoms with Crippen LogP contribution in [0.5, 0.6) is 0 Å². The molecule has 1 aromatic carbocycles. The summed E-state index contributed by atoms with van der Waals surface area (Å²) in [6.45, 7) is 2.22. The molecular formula is C14H20N2S. The number of thiocarbonyl (C=S) groups is 1. The number of likely N-dealkylation sites (tertiary alicyclic amines) is 1. The second-order valence-corrected chi connectivity index (χ2v) is 5.14. The fourth-order valence-electron chi connectivity index (χ4n) is 2.54. The molecule has 1 fully saturated rings. The third-order valence-electron chi connectivity index (χ3n) is 3.39. The summed E-state index contributed by atoms with van der Waals surface area (Å²) in [7, 11) is 0. The summed E-state index contributed by atoms with van der Waals surface area (Å²) in [4.78, 5) is 3.03. The molecule has 92 valence electrons. The monoisotopic (exact) mass is 248 g/mol. The molecule has 3 heteroatoms. The van der Waals surface area contributed by atoms with Gasteiger partial charge in [0.1, 0.15) is 0 Å².